The smallest absolute Gasteiger partial charge is 0.312 e. The van der Waals surface area contributed by atoms with Gasteiger partial charge in [0.05, 0.1) is 5.56 Å². The first-order valence-electron chi connectivity index (χ1n) is 6.51. The van der Waals surface area contributed by atoms with E-state index < -0.39 is 6.03 Å². The zero-order chi connectivity index (χ0) is 14.5. The molecule has 1 saturated heterocycles. The summed E-state index contributed by atoms with van der Waals surface area (Å²) in [5, 5.41) is 2.61. The molecule has 3 N–H and O–H groups in total. The minimum Gasteiger partial charge on any atom is -0.352 e. The van der Waals surface area contributed by atoms with E-state index in [2.05, 4.69) is 26.2 Å². The summed E-state index contributed by atoms with van der Waals surface area (Å²) in [5.74, 6) is 0.212. The Bertz CT molecular complexity index is 509. The fourth-order valence-corrected chi connectivity index (χ4v) is 2.80. The van der Waals surface area contributed by atoms with E-state index in [0.29, 0.717) is 23.3 Å². The maximum absolute atomic E-state index is 12.4. The SMILES string of the molecule is NC(=O)NCC1CCCN(C(=O)c2cccnc2Br)C1. The Balaban J connectivity index is 2.00. The van der Waals surface area contributed by atoms with Gasteiger partial charge < -0.3 is 16.0 Å². The van der Waals surface area contributed by atoms with Crippen LogP contribution in [0.2, 0.25) is 0 Å². The van der Waals surface area contributed by atoms with Crippen LogP contribution in [-0.2, 0) is 0 Å². The molecule has 1 atom stereocenters. The zero-order valence-electron chi connectivity index (χ0n) is 11.0. The molecule has 1 unspecified atom stereocenters. The van der Waals surface area contributed by atoms with Gasteiger partial charge in [0.1, 0.15) is 4.60 Å². The lowest BCUT2D eigenvalue weighted by Gasteiger charge is -2.32. The fourth-order valence-electron chi connectivity index (χ4n) is 2.38. The zero-order valence-corrected chi connectivity index (χ0v) is 12.6. The lowest BCUT2D eigenvalue weighted by molar-refractivity contribution is 0.0673. The van der Waals surface area contributed by atoms with Gasteiger partial charge >= 0.3 is 6.03 Å². The number of pyridine rings is 1. The summed E-state index contributed by atoms with van der Waals surface area (Å²) in [5.41, 5.74) is 5.64. The second-order valence-corrected chi connectivity index (χ2v) is 5.60. The molecule has 0 aromatic carbocycles. The van der Waals surface area contributed by atoms with Gasteiger partial charge in [-0.2, -0.15) is 0 Å². The van der Waals surface area contributed by atoms with Crippen molar-refractivity contribution in [3.8, 4) is 0 Å². The van der Waals surface area contributed by atoms with Crippen molar-refractivity contribution in [2.24, 2.45) is 11.7 Å². The summed E-state index contributed by atoms with van der Waals surface area (Å²) in [6, 6.07) is 2.97. The van der Waals surface area contributed by atoms with Crippen molar-refractivity contribution >= 4 is 27.9 Å². The molecule has 0 spiro atoms. The number of hydrogen-bond acceptors (Lipinski definition) is 3. The molecule has 1 aliphatic heterocycles. The van der Waals surface area contributed by atoms with Gasteiger partial charge in [-0.05, 0) is 46.8 Å². The minimum absolute atomic E-state index is 0.0336. The lowest BCUT2D eigenvalue weighted by atomic mass is 9.97. The predicted molar refractivity (Wildman–Crippen MR) is 78.2 cm³/mol. The summed E-state index contributed by atoms with van der Waals surface area (Å²) in [6.07, 6.45) is 3.55. The Labute approximate surface area is 125 Å². The number of halogens is 1. The number of carbonyl (C=O) groups excluding carboxylic acids is 2. The van der Waals surface area contributed by atoms with Gasteiger partial charge in [-0.1, -0.05) is 0 Å². The molecule has 20 heavy (non-hydrogen) atoms. The quantitative estimate of drug-likeness (QED) is 0.814. The van der Waals surface area contributed by atoms with E-state index >= 15 is 0 Å². The standard InChI is InChI=1S/C13H17BrN4O2/c14-11-10(4-1-5-16-11)12(19)18-6-2-3-9(8-18)7-17-13(15)20/h1,4-5,9H,2-3,6-8H2,(H3,15,17,20). The minimum atomic E-state index is -0.525. The number of likely N-dealkylation sites (tertiary alicyclic amines) is 1. The Morgan fingerprint density at radius 1 is 1.55 bits per heavy atom. The molecule has 1 fully saturated rings. The normalized spacial score (nSPS) is 18.6. The number of nitrogens with zero attached hydrogens (tertiary/aromatic N) is 2. The molecule has 0 saturated carbocycles. The van der Waals surface area contributed by atoms with Crippen LogP contribution in [-0.4, -0.2) is 41.5 Å². The molecule has 3 amide bonds. The highest BCUT2D eigenvalue weighted by atomic mass is 79.9. The number of nitrogens with two attached hydrogens (primary N) is 1. The maximum Gasteiger partial charge on any atom is 0.312 e. The van der Waals surface area contributed by atoms with E-state index in [1.807, 2.05) is 0 Å². The highest BCUT2D eigenvalue weighted by molar-refractivity contribution is 9.10. The Morgan fingerprint density at radius 2 is 2.35 bits per heavy atom. The molecule has 2 rings (SSSR count). The first-order chi connectivity index (χ1) is 9.58. The van der Waals surface area contributed by atoms with Crippen molar-refractivity contribution in [1.29, 1.82) is 0 Å². The van der Waals surface area contributed by atoms with Gasteiger partial charge in [-0.15, -0.1) is 0 Å². The molecular weight excluding hydrogens is 324 g/mol. The number of urea groups is 1. The number of aromatic nitrogens is 1. The molecule has 0 bridgehead atoms. The number of nitrogens with one attached hydrogen (secondary N) is 1. The number of hydrogen-bond donors (Lipinski definition) is 2. The van der Waals surface area contributed by atoms with Gasteiger partial charge in [0.25, 0.3) is 5.91 Å². The van der Waals surface area contributed by atoms with Gasteiger partial charge in [0.2, 0.25) is 0 Å². The molecule has 6 nitrogen and oxygen atoms in total. The van der Waals surface area contributed by atoms with Gasteiger partial charge in [0, 0.05) is 25.8 Å². The molecule has 0 radical (unpaired) electrons. The largest absolute Gasteiger partial charge is 0.352 e. The van der Waals surface area contributed by atoms with E-state index in [1.165, 1.54) is 0 Å². The molecule has 1 aromatic heterocycles. The predicted octanol–water partition coefficient (Wildman–Crippen LogP) is 1.36. The van der Waals surface area contributed by atoms with Crippen LogP contribution in [0.3, 0.4) is 0 Å². The highest BCUT2D eigenvalue weighted by Crippen LogP contribution is 2.21. The first kappa shape index (κ1) is 14.8. The van der Waals surface area contributed by atoms with E-state index in [0.717, 1.165) is 19.4 Å². The molecule has 108 valence electrons. The molecule has 1 aliphatic rings. The van der Waals surface area contributed by atoms with Gasteiger partial charge in [0.15, 0.2) is 0 Å². The van der Waals surface area contributed by atoms with E-state index in [1.54, 1.807) is 23.2 Å². The van der Waals surface area contributed by atoms with Gasteiger partial charge in [-0.3, -0.25) is 4.79 Å². The van der Waals surface area contributed by atoms with Crippen LogP contribution in [0.25, 0.3) is 0 Å². The summed E-state index contributed by atoms with van der Waals surface area (Å²) < 4.78 is 0.558. The third-order valence-electron chi connectivity index (χ3n) is 3.36. The molecule has 7 heteroatoms. The topological polar surface area (TPSA) is 88.3 Å². The molecule has 2 heterocycles. The van der Waals surface area contributed by atoms with Crippen LogP contribution < -0.4 is 11.1 Å². The number of piperidine rings is 1. The maximum atomic E-state index is 12.4. The van der Waals surface area contributed by atoms with Crippen LogP contribution in [0.5, 0.6) is 0 Å². The highest BCUT2D eigenvalue weighted by Gasteiger charge is 2.25. The van der Waals surface area contributed by atoms with Crippen LogP contribution >= 0.6 is 15.9 Å². The third kappa shape index (κ3) is 3.69. The van der Waals surface area contributed by atoms with E-state index in [-0.39, 0.29) is 11.8 Å². The van der Waals surface area contributed by atoms with Crippen LogP contribution in [0.15, 0.2) is 22.9 Å². The Kier molecular flexibility index (Phi) is 4.94. The first-order valence-corrected chi connectivity index (χ1v) is 7.30. The Hall–Kier alpha value is -1.63. The molecule has 1 aromatic rings. The van der Waals surface area contributed by atoms with Crippen LogP contribution in [0.1, 0.15) is 23.2 Å². The number of rotatable bonds is 3. The van der Waals surface area contributed by atoms with Crippen LogP contribution in [0.4, 0.5) is 4.79 Å². The number of carbonyl (C=O) groups is 2. The average molecular weight is 341 g/mol. The van der Waals surface area contributed by atoms with Crippen molar-refractivity contribution in [2.75, 3.05) is 19.6 Å². The van der Waals surface area contributed by atoms with Crippen molar-refractivity contribution in [2.45, 2.75) is 12.8 Å². The second kappa shape index (κ2) is 6.69. The summed E-state index contributed by atoms with van der Waals surface area (Å²) in [7, 11) is 0. The van der Waals surface area contributed by atoms with E-state index in [9.17, 15) is 9.59 Å². The summed E-state index contributed by atoms with van der Waals surface area (Å²) >= 11 is 3.30. The van der Waals surface area contributed by atoms with Crippen LogP contribution in [0, 0.1) is 5.92 Å². The lowest BCUT2D eigenvalue weighted by Crippen LogP contribution is -2.44. The Morgan fingerprint density at radius 3 is 3.05 bits per heavy atom. The second-order valence-electron chi connectivity index (χ2n) is 4.85. The summed E-state index contributed by atoms with van der Waals surface area (Å²) in [4.78, 5) is 29.1. The van der Waals surface area contributed by atoms with Crippen molar-refractivity contribution in [3.05, 3.63) is 28.5 Å². The number of primary amides is 1. The fraction of sp³-hybridized carbons (Fsp3) is 0.462. The van der Waals surface area contributed by atoms with E-state index in [4.69, 9.17) is 5.73 Å². The van der Waals surface area contributed by atoms with Crippen molar-refractivity contribution < 1.29 is 9.59 Å². The van der Waals surface area contributed by atoms with Crippen molar-refractivity contribution in [3.63, 3.8) is 0 Å². The molecular formula is C13H17BrN4O2. The third-order valence-corrected chi connectivity index (χ3v) is 3.99. The summed E-state index contributed by atoms with van der Waals surface area (Å²) in [6.45, 7) is 1.86. The number of amides is 3. The van der Waals surface area contributed by atoms with Gasteiger partial charge in [-0.25, -0.2) is 9.78 Å². The molecule has 0 aliphatic carbocycles. The van der Waals surface area contributed by atoms with Crippen molar-refractivity contribution in [1.82, 2.24) is 15.2 Å². The average Bonchev–Trinajstić information content (AvgIpc) is 2.45. The monoisotopic (exact) mass is 340 g/mol.